The summed E-state index contributed by atoms with van der Waals surface area (Å²) in [7, 11) is 0. The van der Waals surface area contributed by atoms with Gasteiger partial charge in [0.05, 0.1) is 11.3 Å². The Morgan fingerprint density at radius 1 is 1.11 bits per heavy atom. The van der Waals surface area contributed by atoms with Crippen molar-refractivity contribution in [3.63, 3.8) is 0 Å². The zero-order chi connectivity index (χ0) is 14.0. The summed E-state index contributed by atoms with van der Waals surface area (Å²) >= 11 is 0. The van der Waals surface area contributed by atoms with Gasteiger partial charge in [0.25, 0.3) is 0 Å². The molecular weight excluding hydrogens is 253 g/mol. The maximum absolute atomic E-state index is 12.9. The van der Waals surface area contributed by atoms with Crippen molar-refractivity contribution in [3.8, 4) is 0 Å². The minimum absolute atomic E-state index is 0.135. The predicted octanol–water partition coefficient (Wildman–Crippen LogP) is 4.30. The molecule has 0 amide bonds. The van der Waals surface area contributed by atoms with Gasteiger partial charge in [0, 0.05) is 12.1 Å². The van der Waals surface area contributed by atoms with Crippen molar-refractivity contribution in [3.05, 3.63) is 29.8 Å². The molecule has 19 heavy (non-hydrogen) atoms. The quantitative estimate of drug-likeness (QED) is 0.863. The third kappa shape index (κ3) is 3.21. The van der Waals surface area contributed by atoms with Crippen LogP contribution in [0.4, 0.5) is 18.9 Å². The van der Waals surface area contributed by atoms with Crippen LogP contribution in [0.25, 0.3) is 0 Å². The second kappa shape index (κ2) is 5.41. The lowest BCUT2D eigenvalue weighted by Crippen LogP contribution is -2.47. The molecule has 1 heterocycles. The van der Waals surface area contributed by atoms with Crippen LogP contribution in [0.3, 0.4) is 0 Å². The summed E-state index contributed by atoms with van der Waals surface area (Å²) in [4.78, 5) is 0. The number of benzene rings is 1. The van der Waals surface area contributed by atoms with Gasteiger partial charge in [-0.3, -0.25) is 0 Å². The number of hydrazine groups is 1. The van der Waals surface area contributed by atoms with E-state index in [-0.39, 0.29) is 17.8 Å². The Morgan fingerprint density at radius 2 is 1.68 bits per heavy atom. The third-order valence-electron chi connectivity index (χ3n) is 3.68. The lowest BCUT2D eigenvalue weighted by molar-refractivity contribution is -0.137. The number of piperidine rings is 1. The fourth-order valence-electron chi connectivity index (χ4n) is 2.61. The van der Waals surface area contributed by atoms with E-state index in [4.69, 9.17) is 0 Å². The van der Waals surface area contributed by atoms with Crippen LogP contribution in [-0.4, -0.2) is 17.1 Å². The molecule has 2 unspecified atom stereocenters. The molecule has 5 heteroatoms. The fourth-order valence-corrected chi connectivity index (χ4v) is 2.61. The van der Waals surface area contributed by atoms with E-state index in [9.17, 15) is 13.2 Å². The average molecular weight is 272 g/mol. The highest BCUT2D eigenvalue weighted by Gasteiger charge is 2.34. The number of halogens is 3. The monoisotopic (exact) mass is 272 g/mol. The standard InChI is InChI=1S/C14H19F3N2/c1-10-6-5-7-11(2)19(10)18-13-9-4-3-8-12(13)14(15,16)17/h3-4,8-11,18H,5-7H2,1-2H3. The number of hydrogen-bond acceptors (Lipinski definition) is 2. The summed E-state index contributed by atoms with van der Waals surface area (Å²) in [5.41, 5.74) is 2.49. The highest BCUT2D eigenvalue weighted by atomic mass is 19.4. The first-order valence-electron chi connectivity index (χ1n) is 6.61. The van der Waals surface area contributed by atoms with Crippen molar-refractivity contribution in [2.45, 2.75) is 51.4 Å². The highest BCUT2D eigenvalue weighted by Crippen LogP contribution is 2.35. The van der Waals surface area contributed by atoms with E-state index in [1.54, 1.807) is 6.07 Å². The molecule has 2 rings (SSSR count). The summed E-state index contributed by atoms with van der Waals surface area (Å²) in [5, 5.41) is 1.94. The van der Waals surface area contributed by atoms with Crippen molar-refractivity contribution in [2.24, 2.45) is 0 Å². The average Bonchev–Trinajstić information content (AvgIpc) is 2.33. The van der Waals surface area contributed by atoms with Crippen LogP contribution < -0.4 is 5.43 Å². The van der Waals surface area contributed by atoms with Crippen molar-refractivity contribution in [1.29, 1.82) is 0 Å². The molecule has 1 saturated heterocycles. The number of nitrogens with zero attached hydrogens (tertiary/aromatic N) is 1. The Hall–Kier alpha value is -1.23. The maximum atomic E-state index is 12.9. The molecular formula is C14H19F3N2. The van der Waals surface area contributed by atoms with E-state index in [0.29, 0.717) is 0 Å². The van der Waals surface area contributed by atoms with Gasteiger partial charge in [0.15, 0.2) is 0 Å². The second-order valence-corrected chi connectivity index (χ2v) is 5.19. The zero-order valence-electron chi connectivity index (χ0n) is 11.2. The summed E-state index contributed by atoms with van der Waals surface area (Å²) in [6.45, 7) is 4.08. The van der Waals surface area contributed by atoms with Crippen LogP contribution >= 0.6 is 0 Å². The Kier molecular flexibility index (Phi) is 4.04. The molecule has 1 aliphatic rings. The molecule has 1 aliphatic heterocycles. The number of nitrogens with one attached hydrogen (secondary N) is 1. The van der Waals surface area contributed by atoms with Crippen molar-refractivity contribution >= 4 is 5.69 Å². The first-order chi connectivity index (χ1) is 8.89. The summed E-state index contributed by atoms with van der Waals surface area (Å²) in [6, 6.07) is 6.11. The molecule has 0 saturated carbocycles. The Morgan fingerprint density at radius 3 is 2.26 bits per heavy atom. The normalized spacial score (nSPS) is 25.3. The van der Waals surface area contributed by atoms with Crippen LogP contribution in [0.15, 0.2) is 24.3 Å². The highest BCUT2D eigenvalue weighted by molar-refractivity contribution is 5.52. The summed E-state index contributed by atoms with van der Waals surface area (Å²) in [5.74, 6) is 0. The van der Waals surface area contributed by atoms with Gasteiger partial charge in [-0.1, -0.05) is 18.6 Å². The molecule has 0 spiro atoms. The number of anilines is 1. The van der Waals surface area contributed by atoms with E-state index in [1.807, 2.05) is 18.9 Å². The fraction of sp³-hybridized carbons (Fsp3) is 0.571. The summed E-state index contributed by atoms with van der Waals surface area (Å²) in [6.07, 6.45) is -1.19. The molecule has 2 nitrogen and oxygen atoms in total. The minimum atomic E-state index is -4.33. The van der Waals surface area contributed by atoms with E-state index in [1.165, 1.54) is 12.1 Å². The van der Waals surface area contributed by atoms with Crippen molar-refractivity contribution in [1.82, 2.24) is 5.01 Å². The molecule has 106 valence electrons. The molecule has 0 bridgehead atoms. The molecule has 1 N–H and O–H groups in total. The van der Waals surface area contributed by atoms with Crippen molar-refractivity contribution < 1.29 is 13.2 Å². The molecule has 1 aromatic rings. The van der Waals surface area contributed by atoms with Gasteiger partial charge in [-0.25, -0.2) is 5.01 Å². The Balaban J connectivity index is 2.23. The number of rotatable bonds is 2. The van der Waals surface area contributed by atoms with E-state index in [2.05, 4.69) is 5.43 Å². The second-order valence-electron chi connectivity index (χ2n) is 5.19. The summed E-state index contributed by atoms with van der Waals surface area (Å²) < 4.78 is 38.8. The van der Waals surface area contributed by atoms with Crippen LogP contribution in [0.5, 0.6) is 0 Å². The van der Waals surface area contributed by atoms with E-state index >= 15 is 0 Å². The molecule has 0 radical (unpaired) electrons. The van der Waals surface area contributed by atoms with Gasteiger partial charge < -0.3 is 5.43 Å². The first kappa shape index (κ1) is 14.2. The van der Waals surface area contributed by atoms with Gasteiger partial charge >= 0.3 is 6.18 Å². The number of hydrogen-bond donors (Lipinski definition) is 1. The molecule has 1 aromatic carbocycles. The predicted molar refractivity (Wildman–Crippen MR) is 69.7 cm³/mol. The van der Waals surface area contributed by atoms with Crippen LogP contribution in [-0.2, 0) is 6.18 Å². The van der Waals surface area contributed by atoms with Crippen LogP contribution in [0, 0.1) is 0 Å². The topological polar surface area (TPSA) is 15.3 Å². The molecule has 2 atom stereocenters. The van der Waals surface area contributed by atoms with Crippen LogP contribution in [0.1, 0.15) is 38.7 Å². The first-order valence-corrected chi connectivity index (χ1v) is 6.61. The van der Waals surface area contributed by atoms with Crippen LogP contribution in [0.2, 0.25) is 0 Å². The smallest absolute Gasteiger partial charge is 0.318 e. The minimum Gasteiger partial charge on any atom is -0.318 e. The van der Waals surface area contributed by atoms with Gasteiger partial charge in [0.1, 0.15) is 0 Å². The van der Waals surface area contributed by atoms with Crippen molar-refractivity contribution in [2.75, 3.05) is 5.43 Å². The number of para-hydroxylation sites is 1. The molecule has 1 fully saturated rings. The van der Waals surface area contributed by atoms with Gasteiger partial charge in [-0.15, -0.1) is 0 Å². The lowest BCUT2D eigenvalue weighted by Gasteiger charge is -2.39. The van der Waals surface area contributed by atoms with E-state index in [0.717, 1.165) is 25.3 Å². The Bertz CT molecular complexity index is 421. The van der Waals surface area contributed by atoms with Gasteiger partial charge in [-0.05, 0) is 38.8 Å². The molecule has 0 aromatic heterocycles. The van der Waals surface area contributed by atoms with Gasteiger partial charge in [0.2, 0.25) is 0 Å². The third-order valence-corrected chi connectivity index (χ3v) is 3.68. The van der Waals surface area contributed by atoms with Gasteiger partial charge in [-0.2, -0.15) is 13.2 Å². The molecule has 0 aliphatic carbocycles. The SMILES string of the molecule is CC1CCCC(C)N1Nc1ccccc1C(F)(F)F. The Labute approximate surface area is 111 Å². The lowest BCUT2D eigenvalue weighted by atomic mass is 10.00. The number of alkyl halides is 3. The largest absolute Gasteiger partial charge is 0.418 e. The zero-order valence-corrected chi connectivity index (χ0v) is 11.2. The maximum Gasteiger partial charge on any atom is 0.418 e. The van der Waals surface area contributed by atoms with E-state index < -0.39 is 11.7 Å².